The SMILES string of the molecule is CCCCCC1(C)CCC(C)(C)c2cc3c4[n+](ccc3cc21)C(CC)(CC[n+]1cc2ccccc2cc1-c1ccccc1C)C(C)(CC)c1cc(-c2ccccc2)ccc1-4. The fraction of sp³-hybridized carbons (Fsp3) is 0.379. The summed E-state index contributed by atoms with van der Waals surface area (Å²) < 4.78 is 5.37. The van der Waals surface area contributed by atoms with Crippen LogP contribution in [0.2, 0.25) is 0 Å². The van der Waals surface area contributed by atoms with E-state index in [0.29, 0.717) is 0 Å². The van der Waals surface area contributed by atoms with Crippen LogP contribution >= 0.6 is 0 Å². The molecular weight excluding hydrogens is 725 g/mol. The molecule has 7 aromatic rings. The molecule has 5 aromatic carbocycles. The molecular formula is C58H66N2+2. The van der Waals surface area contributed by atoms with Crippen LogP contribution in [0.1, 0.15) is 129 Å². The van der Waals surface area contributed by atoms with Crippen molar-refractivity contribution in [3.8, 4) is 33.6 Å². The van der Waals surface area contributed by atoms with Gasteiger partial charge in [0.25, 0.3) is 0 Å². The molecule has 2 aromatic heterocycles. The summed E-state index contributed by atoms with van der Waals surface area (Å²) in [6, 6.07) is 46.5. The summed E-state index contributed by atoms with van der Waals surface area (Å²) in [6.07, 6.45) is 15.6. The van der Waals surface area contributed by atoms with Crippen LogP contribution in [0.5, 0.6) is 0 Å². The Morgan fingerprint density at radius 3 is 2.08 bits per heavy atom. The van der Waals surface area contributed by atoms with E-state index in [0.717, 1.165) is 25.8 Å². The molecule has 2 aliphatic rings. The normalized spacial score (nSPS) is 21.7. The topological polar surface area (TPSA) is 7.76 Å². The highest BCUT2D eigenvalue weighted by molar-refractivity contribution is 5.96. The maximum Gasteiger partial charge on any atom is 0.221 e. The molecule has 1 aliphatic heterocycles. The van der Waals surface area contributed by atoms with Crippen LogP contribution in [-0.4, -0.2) is 0 Å². The van der Waals surface area contributed by atoms with Gasteiger partial charge in [-0.15, -0.1) is 0 Å². The van der Waals surface area contributed by atoms with Crippen molar-refractivity contribution in [2.24, 2.45) is 0 Å². The predicted molar refractivity (Wildman–Crippen MR) is 254 cm³/mol. The van der Waals surface area contributed by atoms with Crippen molar-refractivity contribution in [2.75, 3.05) is 0 Å². The van der Waals surface area contributed by atoms with Crippen LogP contribution < -0.4 is 9.13 Å². The summed E-state index contributed by atoms with van der Waals surface area (Å²) in [5.41, 5.74) is 13.9. The average Bonchev–Trinajstić information content (AvgIpc) is 3.27. The lowest BCUT2D eigenvalue weighted by Gasteiger charge is -2.48. The molecule has 2 nitrogen and oxygen atoms in total. The van der Waals surface area contributed by atoms with E-state index in [9.17, 15) is 0 Å². The van der Waals surface area contributed by atoms with Crippen molar-refractivity contribution >= 4 is 21.5 Å². The lowest BCUT2D eigenvalue weighted by molar-refractivity contribution is -0.781. The smallest absolute Gasteiger partial charge is 0.197 e. The Balaban J connectivity index is 1.29. The van der Waals surface area contributed by atoms with Gasteiger partial charge in [0.1, 0.15) is 0 Å². The summed E-state index contributed by atoms with van der Waals surface area (Å²) in [4.78, 5) is 0. The number of aryl methyl sites for hydroxylation is 2. The number of fused-ring (bicyclic) bond motifs is 7. The van der Waals surface area contributed by atoms with E-state index in [2.05, 4.69) is 198 Å². The number of rotatable bonds is 11. The lowest BCUT2D eigenvalue weighted by Crippen LogP contribution is -2.70. The molecule has 9 rings (SSSR count). The molecule has 0 saturated carbocycles. The Bertz CT molecular complexity index is 2720. The molecule has 0 N–H and O–H groups in total. The summed E-state index contributed by atoms with van der Waals surface area (Å²) in [6.45, 7) is 20.6. The lowest BCUT2D eigenvalue weighted by atomic mass is 9.57. The van der Waals surface area contributed by atoms with E-state index in [-0.39, 0.29) is 21.8 Å². The van der Waals surface area contributed by atoms with Gasteiger partial charge in [-0.2, -0.15) is 9.13 Å². The van der Waals surface area contributed by atoms with E-state index in [1.165, 1.54) is 105 Å². The molecule has 0 amide bonds. The minimum atomic E-state index is -0.199. The fourth-order valence-electron chi connectivity index (χ4n) is 11.9. The molecule has 2 heteroatoms. The molecule has 306 valence electrons. The molecule has 0 fully saturated rings. The molecule has 3 unspecified atom stereocenters. The number of hydrogen-bond donors (Lipinski definition) is 0. The van der Waals surface area contributed by atoms with E-state index in [1.807, 2.05) is 0 Å². The quantitative estimate of drug-likeness (QED) is 0.0911. The van der Waals surface area contributed by atoms with E-state index < -0.39 is 0 Å². The average molecular weight is 791 g/mol. The van der Waals surface area contributed by atoms with Gasteiger partial charge < -0.3 is 0 Å². The zero-order valence-corrected chi connectivity index (χ0v) is 37.7. The van der Waals surface area contributed by atoms with Gasteiger partial charge >= 0.3 is 0 Å². The van der Waals surface area contributed by atoms with Crippen LogP contribution in [-0.2, 0) is 28.3 Å². The van der Waals surface area contributed by atoms with Crippen molar-refractivity contribution in [1.29, 1.82) is 0 Å². The number of pyridine rings is 2. The molecule has 0 radical (unpaired) electrons. The minimum Gasteiger partial charge on any atom is -0.197 e. The standard InChI is InChI=1S/C58H66N2/c1-9-12-20-30-56(7)32-31-55(5,6)51-39-49-45(37-52(51)56)29-34-60-54(49)48-28-27-44(42-22-14-13-15-23-42)36-50(48)57(8,10-2)58(60,11-3)33-35-59-40-46-25-18-17-24-43(46)38-53(59)47-26-19-16-21-41(47)4/h13-19,21-29,34,36-40H,9-12,20,30-33,35H2,1-8H3/q+2. The Morgan fingerprint density at radius 1 is 0.583 bits per heavy atom. The van der Waals surface area contributed by atoms with Crippen molar-refractivity contribution in [1.82, 2.24) is 0 Å². The van der Waals surface area contributed by atoms with Gasteiger partial charge in [-0.3, -0.25) is 0 Å². The van der Waals surface area contributed by atoms with Crippen LogP contribution in [0.3, 0.4) is 0 Å². The number of hydrogen-bond acceptors (Lipinski definition) is 0. The van der Waals surface area contributed by atoms with Gasteiger partial charge in [-0.05, 0) is 131 Å². The highest BCUT2D eigenvalue weighted by Crippen LogP contribution is 2.55. The Morgan fingerprint density at radius 2 is 1.33 bits per heavy atom. The molecule has 3 atom stereocenters. The molecule has 60 heavy (non-hydrogen) atoms. The van der Waals surface area contributed by atoms with Crippen molar-refractivity contribution in [2.45, 2.75) is 142 Å². The number of unbranched alkanes of at least 4 members (excludes halogenated alkanes) is 2. The second kappa shape index (κ2) is 15.4. The van der Waals surface area contributed by atoms with Gasteiger partial charge in [0.2, 0.25) is 11.4 Å². The van der Waals surface area contributed by atoms with Crippen LogP contribution in [0, 0.1) is 6.92 Å². The van der Waals surface area contributed by atoms with E-state index >= 15 is 0 Å². The zero-order valence-electron chi connectivity index (χ0n) is 37.7. The maximum atomic E-state index is 2.79. The second-order valence-electron chi connectivity index (χ2n) is 19.7. The number of benzene rings is 5. The Hall–Kier alpha value is -5.08. The molecule has 0 spiro atoms. The summed E-state index contributed by atoms with van der Waals surface area (Å²) in [5.74, 6) is 0. The van der Waals surface area contributed by atoms with Crippen molar-refractivity contribution in [3.63, 3.8) is 0 Å². The van der Waals surface area contributed by atoms with Gasteiger partial charge in [0.05, 0.1) is 22.8 Å². The van der Waals surface area contributed by atoms with Crippen molar-refractivity contribution in [3.05, 3.63) is 156 Å². The minimum absolute atomic E-state index is 0.119. The van der Waals surface area contributed by atoms with Crippen LogP contribution in [0.4, 0.5) is 0 Å². The van der Waals surface area contributed by atoms with E-state index in [4.69, 9.17) is 0 Å². The second-order valence-corrected chi connectivity index (χ2v) is 19.7. The van der Waals surface area contributed by atoms with Gasteiger partial charge in [0, 0.05) is 29.5 Å². The summed E-state index contributed by atoms with van der Waals surface area (Å²) in [5, 5.41) is 5.36. The Labute approximate surface area is 360 Å². The first-order valence-electron chi connectivity index (χ1n) is 23.2. The molecule has 0 saturated heterocycles. The third kappa shape index (κ3) is 6.43. The largest absolute Gasteiger partial charge is 0.221 e. The Kier molecular flexibility index (Phi) is 10.4. The maximum absolute atomic E-state index is 2.79. The summed E-state index contributed by atoms with van der Waals surface area (Å²) >= 11 is 0. The number of aromatic nitrogens is 2. The molecule has 3 heterocycles. The van der Waals surface area contributed by atoms with Crippen molar-refractivity contribution < 1.29 is 9.13 Å². The third-order valence-electron chi connectivity index (χ3n) is 15.9. The molecule has 1 aliphatic carbocycles. The predicted octanol–water partition coefficient (Wildman–Crippen LogP) is 14.7. The third-order valence-corrected chi connectivity index (χ3v) is 15.9. The highest BCUT2D eigenvalue weighted by atomic mass is 15.1. The van der Waals surface area contributed by atoms with Gasteiger partial charge in [0.15, 0.2) is 24.5 Å². The van der Waals surface area contributed by atoms with Crippen LogP contribution in [0.25, 0.3) is 55.2 Å². The summed E-state index contributed by atoms with van der Waals surface area (Å²) in [7, 11) is 0. The zero-order chi connectivity index (χ0) is 41.9. The van der Waals surface area contributed by atoms with Gasteiger partial charge in [-0.25, -0.2) is 0 Å². The molecule has 0 bridgehead atoms. The van der Waals surface area contributed by atoms with Crippen LogP contribution in [0.15, 0.2) is 134 Å². The van der Waals surface area contributed by atoms with Gasteiger partial charge in [-0.1, -0.05) is 134 Å². The van der Waals surface area contributed by atoms with E-state index in [1.54, 1.807) is 11.1 Å². The first kappa shape index (κ1) is 40.3. The monoisotopic (exact) mass is 791 g/mol. The highest BCUT2D eigenvalue weighted by Gasteiger charge is 2.60. The first-order chi connectivity index (χ1) is 29.0. The fourth-order valence-corrected chi connectivity index (χ4v) is 11.9. The first-order valence-corrected chi connectivity index (χ1v) is 23.2. The number of nitrogens with zero attached hydrogens (tertiary/aromatic N) is 2.